The molecule has 4 aromatic rings. The normalized spacial score (nSPS) is 10.6. The lowest BCUT2D eigenvalue weighted by Crippen LogP contribution is -2.02. The molecule has 0 saturated heterocycles. The second kappa shape index (κ2) is 8.95. The molecule has 2 N–H and O–H groups in total. The SMILES string of the molecule is Cc1cc(C)c(COc2ccc(-c3c(-c4ccccc4)cnc(N)c3C#N)cc2)c(C)c1. The standard InChI is InChI=1S/C28H25N3O/c1-18-13-19(2)26(20(3)14-18)17-32-23-11-9-22(10-12-23)27-24(15-29)28(30)31-16-25(27)21-7-5-4-6-8-21/h4-14,16H,17H2,1-3H3,(H2,30,31). The lowest BCUT2D eigenvalue weighted by atomic mass is 9.92. The van der Waals surface area contributed by atoms with E-state index in [1.54, 1.807) is 6.20 Å². The van der Waals surface area contributed by atoms with Gasteiger partial charge in [0.2, 0.25) is 0 Å². The van der Waals surface area contributed by atoms with Crippen molar-refractivity contribution < 1.29 is 4.74 Å². The summed E-state index contributed by atoms with van der Waals surface area (Å²) in [5.74, 6) is 1.00. The highest BCUT2D eigenvalue weighted by atomic mass is 16.5. The Balaban J connectivity index is 1.67. The van der Waals surface area contributed by atoms with Crippen LogP contribution >= 0.6 is 0 Å². The van der Waals surface area contributed by atoms with Crippen LogP contribution in [0.25, 0.3) is 22.3 Å². The Kier molecular flexibility index (Phi) is 5.91. The van der Waals surface area contributed by atoms with Gasteiger partial charge in [-0.3, -0.25) is 0 Å². The van der Waals surface area contributed by atoms with Crippen molar-refractivity contribution in [3.63, 3.8) is 0 Å². The molecule has 4 heteroatoms. The number of nitrogens with zero attached hydrogens (tertiary/aromatic N) is 2. The molecule has 0 aliphatic rings. The monoisotopic (exact) mass is 419 g/mol. The first-order chi connectivity index (χ1) is 15.5. The molecule has 0 amide bonds. The number of anilines is 1. The summed E-state index contributed by atoms with van der Waals surface area (Å²) in [7, 11) is 0. The number of nitrogen functional groups attached to an aromatic ring is 1. The van der Waals surface area contributed by atoms with Gasteiger partial charge in [-0.25, -0.2) is 4.98 Å². The average Bonchev–Trinajstić information content (AvgIpc) is 2.79. The highest BCUT2D eigenvalue weighted by Crippen LogP contribution is 2.37. The quantitative estimate of drug-likeness (QED) is 0.408. The third kappa shape index (κ3) is 4.19. The zero-order valence-electron chi connectivity index (χ0n) is 18.5. The van der Waals surface area contributed by atoms with Gasteiger partial charge in [0.15, 0.2) is 0 Å². The molecule has 0 aliphatic heterocycles. The molecule has 4 rings (SSSR count). The number of aryl methyl sites for hydroxylation is 3. The molecule has 158 valence electrons. The number of ether oxygens (including phenoxy) is 1. The van der Waals surface area contributed by atoms with Gasteiger partial charge in [0.1, 0.15) is 29.8 Å². The van der Waals surface area contributed by atoms with E-state index in [1.165, 1.54) is 22.3 Å². The van der Waals surface area contributed by atoms with Crippen molar-refractivity contribution in [1.29, 1.82) is 5.26 Å². The van der Waals surface area contributed by atoms with Crippen LogP contribution < -0.4 is 10.5 Å². The minimum Gasteiger partial charge on any atom is -0.489 e. The number of hydrogen-bond acceptors (Lipinski definition) is 4. The Bertz CT molecular complexity index is 1280. The molecule has 4 nitrogen and oxygen atoms in total. The Morgan fingerprint density at radius 2 is 1.56 bits per heavy atom. The summed E-state index contributed by atoms with van der Waals surface area (Å²) < 4.78 is 6.08. The molecule has 0 saturated carbocycles. The van der Waals surface area contributed by atoms with Crippen LogP contribution in [0.2, 0.25) is 0 Å². The first-order valence-electron chi connectivity index (χ1n) is 10.5. The van der Waals surface area contributed by atoms with Crippen molar-refractivity contribution in [1.82, 2.24) is 4.98 Å². The van der Waals surface area contributed by atoms with E-state index in [-0.39, 0.29) is 5.82 Å². The number of nitriles is 1. The second-order valence-corrected chi connectivity index (χ2v) is 7.98. The molecule has 0 radical (unpaired) electrons. The van der Waals surface area contributed by atoms with Gasteiger partial charge >= 0.3 is 0 Å². The van der Waals surface area contributed by atoms with Crippen molar-refractivity contribution in [2.75, 3.05) is 5.73 Å². The van der Waals surface area contributed by atoms with Crippen LogP contribution in [-0.2, 0) is 6.61 Å². The second-order valence-electron chi connectivity index (χ2n) is 7.98. The smallest absolute Gasteiger partial charge is 0.141 e. The van der Waals surface area contributed by atoms with Crippen molar-refractivity contribution in [2.24, 2.45) is 0 Å². The summed E-state index contributed by atoms with van der Waals surface area (Å²) in [6.45, 7) is 6.85. The third-order valence-corrected chi connectivity index (χ3v) is 5.67. The largest absolute Gasteiger partial charge is 0.489 e. The van der Waals surface area contributed by atoms with E-state index in [4.69, 9.17) is 10.5 Å². The van der Waals surface area contributed by atoms with Crippen LogP contribution in [0, 0.1) is 32.1 Å². The molecule has 0 fully saturated rings. The molecule has 0 atom stereocenters. The topological polar surface area (TPSA) is 71.9 Å². The summed E-state index contributed by atoms with van der Waals surface area (Å²) in [5.41, 5.74) is 14.9. The zero-order chi connectivity index (χ0) is 22.7. The average molecular weight is 420 g/mol. The summed E-state index contributed by atoms with van der Waals surface area (Å²) in [6, 6.07) is 24.3. The molecule has 0 aliphatic carbocycles. The van der Waals surface area contributed by atoms with Crippen LogP contribution in [0.4, 0.5) is 5.82 Å². The van der Waals surface area contributed by atoms with Gasteiger partial charge in [-0.2, -0.15) is 5.26 Å². The Hall–Kier alpha value is -4.10. The van der Waals surface area contributed by atoms with Gasteiger partial charge in [0, 0.05) is 17.3 Å². The Labute approximate surface area is 188 Å². The predicted molar refractivity (Wildman–Crippen MR) is 129 cm³/mol. The maximum atomic E-state index is 9.77. The van der Waals surface area contributed by atoms with Crippen molar-refractivity contribution in [3.05, 3.63) is 101 Å². The minimum atomic E-state index is 0.229. The van der Waals surface area contributed by atoms with Crippen LogP contribution in [0.15, 0.2) is 72.9 Å². The lowest BCUT2D eigenvalue weighted by Gasteiger charge is -2.15. The summed E-state index contributed by atoms with van der Waals surface area (Å²) >= 11 is 0. The first-order valence-corrected chi connectivity index (χ1v) is 10.5. The van der Waals surface area contributed by atoms with Crippen LogP contribution in [0.1, 0.15) is 27.8 Å². The van der Waals surface area contributed by atoms with E-state index < -0.39 is 0 Å². The first kappa shape index (κ1) is 21.1. The molecule has 32 heavy (non-hydrogen) atoms. The lowest BCUT2D eigenvalue weighted by molar-refractivity contribution is 0.304. The maximum Gasteiger partial charge on any atom is 0.141 e. The molecule has 1 heterocycles. The number of benzene rings is 3. The van der Waals surface area contributed by atoms with E-state index in [9.17, 15) is 5.26 Å². The fourth-order valence-corrected chi connectivity index (χ4v) is 4.09. The fraction of sp³-hybridized carbons (Fsp3) is 0.143. The van der Waals surface area contributed by atoms with E-state index in [0.717, 1.165) is 28.0 Å². The summed E-state index contributed by atoms with van der Waals surface area (Å²) in [4.78, 5) is 4.25. The third-order valence-electron chi connectivity index (χ3n) is 5.67. The minimum absolute atomic E-state index is 0.229. The van der Waals surface area contributed by atoms with Crippen molar-refractivity contribution in [3.8, 4) is 34.1 Å². The van der Waals surface area contributed by atoms with Crippen LogP contribution in [0.3, 0.4) is 0 Å². The molecular weight excluding hydrogens is 394 g/mol. The highest BCUT2D eigenvalue weighted by Gasteiger charge is 2.16. The molecule has 3 aromatic carbocycles. The fourth-order valence-electron chi connectivity index (χ4n) is 4.09. The van der Waals surface area contributed by atoms with Gasteiger partial charge in [-0.1, -0.05) is 60.2 Å². The van der Waals surface area contributed by atoms with Crippen molar-refractivity contribution >= 4 is 5.82 Å². The maximum absolute atomic E-state index is 9.77. The van der Waals surface area contributed by atoms with Gasteiger partial charge in [-0.05, 0) is 60.7 Å². The number of rotatable bonds is 5. The van der Waals surface area contributed by atoms with Gasteiger partial charge in [0.25, 0.3) is 0 Å². The van der Waals surface area contributed by atoms with E-state index in [0.29, 0.717) is 12.2 Å². The van der Waals surface area contributed by atoms with Crippen LogP contribution in [-0.4, -0.2) is 4.98 Å². The van der Waals surface area contributed by atoms with E-state index in [1.807, 2.05) is 54.6 Å². The zero-order valence-corrected chi connectivity index (χ0v) is 18.5. The number of hydrogen-bond donors (Lipinski definition) is 1. The molecule has 0 spiro atoms. The van der Waals surface area contributed by atoms with Gasteiger partial charge < -0.3 is 10.5 Å². The Morgan fingerprint density at radius 3 is 2.19 bits per heavy atom. The number of aromatic nitrogens is 1. The summed E-state index contributed by atoms with van der Waals surface area (Å²) in [6.07, 6.45) is 1.73. The molecule has 0 bridgehead atoms. The summed E-state index contributed by atoms with van der Waals surface area (Å²) in [5, 5.41) is 9.77. The van der Waals surface area contributed by atoms with Gasteiger partial charge in [-0.15, -0.1) is 0 Å². The molecule has 0 unspecified atom stereocenters. The van der Waals surface area contributed by atoms with E-state index >= 15 is 0 Å². The highest BCUT2D eigenvalue weighted by molar-refractivity contribution is 5.89. The molecular formula is C28H25N3O. The van der Waals surface area contributed by atoms with Crippen molar-refractivity contribution in [2.45, 2.75) is 27.4 Å². The number of nitrogens with two attached hydrogens (primary N) is 1. The van der Waals surface area contributed by atoms with Gasteiger partial charge in [0.05, 0.1) is 0 Å². The number of pyridine rings is 1. The Morgan fingerprint density at radius 1 is 0.906 bits per heavy atom. The van der Waals surface area contributed by atoms with E-state index in [2.05, 4.69) is 44.0 Å². The molecule has 1 aromatic heterocycles. The van der Waals surface area contributed by atoms with Crippen LogP contribution in [0.5, 0.6) is 5.75 Å². The predicted octanol–water partition coefficient (Wildman–Crippen LogP) is 6.37.